The first-order valence-electron chi connectivity index (χ1n) is 52.5. The van der Waals surface area contributed by atoms with Gasteiger partial charge in [0.1, 0.15) is 48.6 Å². The lowest BCUT2D eigenvalue weighted by Gasteiger charge is -2.37. The fourth-order valence-corrected chi connectivity index (χ4v) is 42.5. The fourth-order valence-electron chi connectivity index (χ4n) is 27.3. The van der Waals surface area contributed by atoms with Crippen molar-refractivity contribution in [3.05, 3.63) is 476 Å². The number of aryl methyl sites for hydroxylation is 4. The van der Waals surface area contributed by atoms with Crippen LogP contribution in [0.1, 0.15) is 50.5 Å². The molecule has 0 amide bonds. The molecule has 0 saturated heterocycles. The second kappa shape index (κ2) is 33.6. The highest BCUT2D eigenvalue weighted by atomic mass is 28.3. The van der Waals surface area contributed by atoms with Crippen molar-refractivity contribution in [2.75, 3.05) is 0 Å². The molecular weight excluding hydrogens is 1890 g/mol. The van der Waals surface area contributed by atoms with E-state index in [1.807, 2.05) is 6.20 Å². The van der Waals surface area contributed by atoms with Gasteiger partial charge < -0.3 is 9.14 Å². The minimum absolute atomic E-state index is 0.622. The highest BCUT2D eigenvalue weighted by molar-refractivity contribution is 7.12. The van der Waals surface area contributed by atoms with Gasteiger partial charge in [-0.05, 0) is 165 Å². The molecule has 13 nitrogen and oxygen atoms in total. The summed E-state index contributed by atoms with van der Waals surface area (Å²) >= 11 is 0. The highest BCUT2D eigenvalue weighted by Crippen LogP contribution is 2.45. The molecule has 0 radical (unpaired) electrons. The van der Waals surface area contributed by atoms with E-state index >= 15 is 0 Å². The van der Waals surface area contributed by atoms with E-state index in [2.05, 4.69) is 491 Å². The normalized spacial score (nSPS) is 14.7. The molecule has 0 unspecified atom stereocenters. The van der Waals surface area contributed by atoms with Gasteiger partial charge in [-0.3, -0.25) is 22.0 Å². The summed E-state index contributed by atoms with van der Waals surface area (Å²) in [6, 6.07) is 146. The van der Waals surface area contributed by atoms with E-state index in [0.29, 0.717) is 6.61 Å². The van der Waals surface area contributed by atoms with Crippen molar-refractivity contribution in [2.24, 2.45) is 0 Å². The third kappa shape index (κ3) is 12.9. The van der Waals surface area contributed by atoms with E-state index in [4.69, 9.17) is 29.7 Å². The van der Waals surface area contributed by atoms with E-state index in [1.165, 1.54) is 240 Å². The van der Waals surface area contributed by atoms with Crippen LogP contribution >= 0.6 is 0 Å². The predicted molar refractivity (Wildman–Crippen MR) is 632 cm³/mol. The molecule has 18 heterocycles. The van der Waals surface area contributed by atoms with Gasteiger partial charge >= 0.3 is 0 Å². The summed E-state index contributed by atoms with van der Waals surface area (Å²) in [4.78, 5) is 28.8. The zero-order chi connectivity index (χ0) is 99.7. The molecule has 29 aromatic rings. The van der Waals surface area contributed by atoms with Crippen LogP contribution in [0.4, 0.5) is 0 Å². The zero-order valence-corrected chi connectivity index (χ0v) is 88.1. The number of benzene rings is 17. The first-order chi connectivity index (χ1) is 73.7. The van der Waals surface area contributed by atoms with E-state index in [-0.39, 0.29) is 0 Å². The molecule has 716 valence electrons. The first-order valence-corrected chi connectivity index (χ1v) is 63.3. The van der Waals surface area contributed by atoms with Crippen LogP contribution in [-0.2, 0) is 43.6 Å². The number of hydrogen-bond acceptors (Lipinski definition) is 7. The zero-order valence-electron chi connectivity index (χ0n) is 84.1. The molecule has 0 atom stereocenters. The maximum absolute atomic E-state index is 5.78. The number of para-hydroxylation sites is 5. The molecule has 35 rings (SSSR count). The van der Waals surface area contributed by atoms with Crippen molar-refractivity contribution in [3.8, 4) is 17.0 Å². The number of rotatable bonds is 5. The number of pyridine rings is 6. The number of hydrogen-bond donors (Lipinski definition) is 0. The van der Waals surface area contributed by atoms with Crippen LogP contribution in [0.3, 0.4) is 0 Å². The second-order valence-corrected chi connectivity index (χ2v) is 60.0. The van der Waals surface area contributed by atoms with Gasteiger partial charge in [0.2, 0.25) is 5.88 Å². The van der Waals surface area contributed by atoms with Crippen molar-refractivity contribution >= 4 is 238 Å². The molecule has 0 bridgehead atoms. The Bertz CT molecular complexity index is 10700. The lowest BCUT2D eigenvalue weighted by Crippen LogP contribution is -2.71. The Morgan fingerprint density at radius 2 is 0.560 bits per heavy atom. The maximum atomic E-state index is 5.78. The summed E-state index contributed by atoms with van der Waals surface area (Å²) in [6.45, 7) is 14.9. The Kier molecular flexibility index (Phi) is 19.7. The molecule has 0 N–H and O–H groups in total. The summed E-state index contributed by atoms with van der Waals surface area (Å²) in [5.74, 6) is 0.837. The van der Waals surface area contributed by atoms with Gasteiger partial charge in [-0.1, -0.05) is 402 Å². The van der Waals surface area contributed by atoms with E-state index in [1.54, 1.807) is 5.19 Å². The largest absolute Gasteiger partial charge is 0.473 e. The molecule has 17 heteroatoms. The monoisotopic (exact) mass is 1990 g/mol. The lowest BCUT2D eigenvalue weighted by atomic mass is 9.89. The van der Waals surface area contributed by atoms with Crippen LogP contribution in [0, 0.1) is 13.8 Å². The Labute approximate surface area is 869 Å². The van der Waals surface area contributed by atoms with E-state index < -0.39 is 32.3 Å². The molecule has 6 aliphatic rings. The number of imidazole rings is 6. The topological polar surface area (TPSA) is 113 Å². The summed E-state index contributed by atoms with van der Waals surface area (Å²) in [5.41, 5.74) is 29.5. The minimum Gasteiger partial charge on any atom is -0.473 e. The molecule has 0 aliphatic carbocycles. The molecule has 12 aromatic heterocycles. The average Bonchev–Trinajstić information content (AvgIpc) is 1.41. The number of fused-ring (bicyclic) bond motifs is 18. The SMILES string of the molecule is C[Si]1(C)Cc2cccc3c4ccccc4c4ncc1n4c23.C[Si]1(C)Cc2cnc3c4ccccc4c4cccc1c4n23.Cc1cccc(C)c1-c1cc2c3c(c1)c1ccccc1c1ncc(n13)CC2.c1ccc([Si]2(c3ccccc3)Cc3cccc4c5ccccc5c5ncc2n5c34)cc1.c1ccc([Si]2(c3ccccc3)Cc3cnc4c5ccccc5c5cccc2c5n34)cc1.c1ccc2c(c1)c1cccc3c1n1c(cnc21)OC3. The Balaban J connectivity index is 0.0000000834. The Morgan fingerprint density at radius 3 is 1.05 bits per heavy atom. The van der Waals surface area contributed by atoms with Crippen LogP contribution in [0.2, 0.25) is 26.2 Å². The third-order valence-electron chi connectivity index (χ3n) is 33.8. The highest BCUT2D eigenvalue weighted by Gasteiger charge is 2.48. The summed E-state index contributed by atoms with van der Waals surface area (Å²) < 4.78 is 20.1. The number of ether oxygens (including phenoxy) is 1. The molecule has 0 fully saturated rings. The standard InChI is InChI=1S/2C28H20N2Si.C25H20N2.2C18H16N2Si.C16H10N2O/c1-3-11-21(12-4-1)31(22-13-5-2-6-14-22)19-20-10-9-17-24-23-15-7-8-16-25(23)28-29-18-26(31)30(28)27(20)24;1-3-10-21(11-4-1)31(22-12-5-2-6-13-22)19-20-18-29-28-25-15-8-7-14-23(25)24-16-9-17-26(31)27(24)30(20)28;1-15-6-5-7-16(2)23(15)18-12-17-10-11-19-14-26-25-21-9-4-3-8-20(21)22(13-18)24(17)27(19)25;1-21(2)11-12-6-5-9-14-13-7-3-4-8-15(13)18-19-10-16(21)20(18)17(12)14;1-21(2)11-12-10-19-18-15-7-4-3-6-13(15)14-8-5-9-16(21)17(14)20(12)18;1-2-6-13-11(5-1)12-7-3-4-10-9-19-14-8-17-16(13)18(14)15(10)12/h2*1-18H,19H2;3-9,12-14H,10-11H2,1-2H3;2*3-10H,11H2,1-2H3;1-8H,9H2. The summed E-state index contributed by atoms with van der Waals surface area (Å²) in [5, 5.41) is 34.9. The van der Waals surface area contributed by atoms with Crippen molar-refractivity contribution in [3.63, 3.8) is 0 Å². The lowest BCUT2D eigenvalue weighted by molar-refractivity contribution is 0.286. The van der Waals surface area contributed by atoms with Crippen molar-refractivity contribution < 1.29 is 4.74 Å². The van der Waals surface area contributed by atoms with Crippen LogP contribution in [-0.4, -0.2) is 88.6 Å². The van der Waals surface area contributed by atoms with Crippen LogP contribution in [0.15, 0.2) is 425 Å². The van der Waals surface area contributed by atoms with Gasteiger partial charge in [0.05, 0.1) is 47.4 Å². The van der Waals surface area contributed by atoms with Gasteiger partial charge in [0.15, 0.2) is 16.1 Å². The fraction of sp³-hybridized carbons (Fsp3) is 0.0977. The molecule has 0 saturated carbocycles. The summed E-state index contributed by atoms with van der Waals surface area (Å²) in [7, 11) is -7.45. The number of nitrogens with zero attached hydrogens (tertiary/aromatic N) is 12. The van der Waals surface area contributed by atoms with Gasteiger partial charge in [0.25, 0.3) is 0 Å². The van der Waals surface area contributed by atoms with E-state index in [9.17, 15) is 0 Å². The predicted octanol–water partition coefficient (Wildman–Crippen LogP) is 25.3. The van der Waals surface area contributed by atoms with Gasteiger partial charge in [-0.25, -0.2) is 29.9 Å². The molecule has 0 spiro atoms. The summed E-state index contributed by atoms with van der Waals surface area (Å²) in [6.07, 6.45) is 14.5. The average molecular weight is 2000 g/mol. The van der Waals surface area contributed by atoms with Gasteiger partial charge in [-0.2, -0.15) is 0 Å². The van der Waals surface area contributed by atoms with Crippen LogP contribution < -0.4 is 46.5 Å². The Hall–Kier alpha value is -17.3. The van der Waals surface area contributed by atoms with Gasteiger partial charge in [-0.15, -0.1) is 0 Å². The molecule has 6 aliphatic heterocycles. The smallest absolute Gasteiger partial charge is 0.219 e. The molecule has 150 heavy (non-hydrogen) atoms. The quantitative estimate of drug-likeness (QED) is 0.125. The molecule has 17 aromatic carbocycles. The second-order valence-electron chi connectivity index (χ2n) is 43.0. The van der Waals surface area contributed by atoms with Crippen molar-refractivity contribution in [1.29, 1.82) is 0 Å². The number of aromatic nitrogens is 12. The van der Waals surface area contributed by atoms with Crippen LogP contribution in [0.25, 0.3) is 175 Å². The van der Waals surface area contributed by atoms with Gasteiger partial charge in [0, 0.05) is 129 Å². The van der Waals surface area contributed by atoms with E-state index in [0.717, 1.165) is 64.7 Å². The van der Waals surface area contributed by atoms with Crippen molar-refractivity contribution in [1.82, 2.24) is 56.3 Å². The maximum Gasteiger partial charge on any atom is 0.219 e. The Morgan fingerprint density at radius 1 is 0.227 bits per heavy atom. The van der Waals surface area contributed by atoms with Crippen molar-refractivity contribution in [2.45, 2.75) is 83.7 Å². The minimum atomic E-state index is -2.30. The first kappa shape index (κ1) is 88.0. The third-order valence-corrected chi connectivity index (χ3v) is 49.5. The molecular formula is C133H102N12OSi4. The van der Waals surface area contributed by atoms with Crippen LogP contribution in [0.5, 0.6) is 5.88 Å².